The van der Waals surface area contributed by atoms with Gasteiger partial charge < -0.3 is 9.32 Å². The molecule has 0 N–H and O–H groups in total. The van der Waals surface area contributed by atoms with Gasteiger partial charge in [-0.15, -0.1) is 0 Å². The van der Waals surface area contributed by atoms with Crippen LogP contribution in [-0.4, -0.2) is 20.9 Å². The Balaban J connectivity index is 1.83. The second kappa shape index (κ2) is 7.80. The van der Waals surface area contributed by atoms with Crippen LogP contribution in [0.4, 0.5) is 5.69 Å². The van der Waals surface area contributed by atoms with Gasteiger partial charge in [0.05, 0.1) is 4.90 Å². The largest absolute Gasteiger partial charge is 0.455 e. The Morgan fingerprint density at radius 3 is 2.30 bits per heavy atom. The zero-order valence-electron chi connectivity index (χ0n) is 15.3. The average Bonchev–Trinajstić information content (AvgIpc) is 3.12. The van der Waals surface area contributed by atoms with E-state index in [1.165, 1.54) is 6.07 Å². The summed E-state index contributed by atoms with van der Waals surface area (Å²) in [7, 11) is -3.53. The first-order valence-electron chi connectivity index (χ1n) is 8.66. The molecule has 3 aromatic rings. The van der Waals surface area contributed by atoms with Crippen molar-refractivity contribution < 1.29 is 17.6 Å². The third kappa shape index (κ3) is 4.11. The Morgan fingerprint density at radius 1 is 0.963 bits per heavy atom. The van der Waals surface area contributed by atoms with E-state index in [4.69, 9.17) is 4.42 Å². The molecule has 3 rings (SSSR count). The summed E-state index contributed by atoms with van der Waals surface area (Å²) in [6, 6.07) is 18.9. The predicted octanol–water partition coefficient (Wildman–Crippen LogP) is 4.23. The van der Waals surface area contributed by atoms with E-state index in [0.29, 0.717) is 6.54 Å². The number of amides is 1. The molecule has 1 aromatic heterocycles. The normalized spacial score (nSPS) is 11.3. The van der Waals surface area contributed by atoms with Crippen molar-refractivity contribution in [3.05, 3.63) is 83.8 Å². The molecule has 0 spiro atoms. The molecule has 2 aromatic carbocycles. The molecule has 1 amide bonds. The Hall–Kier alpha value is -2.86. The lowest BCUT2D eigenvalue weighted by Crippen LogP contribution is -2.30. The summed E-state index contributed by atoms with van der Waals surface area (Å²) in [4.78, 5) is 14.7. The molecule has 0 fully saturated rings. The van der Waals surface area contributed by atoms with E-state index < -0.39 is 9.84 Å². The van der Waals surface area contributed by atoms with Crippen molar-refractivity contribution in [2.24, 2.45) is 0 Å². The number of furan rings is 1. The zero-order chi connectivity index (χ0) is 19.4. The van der Waals surface area contributed by atoms with Crippen LogP contribution < -0.4 is 4.90 Å². The van der Waals surface area contributed by atoms with Crippen molar-refractivity contribution in [3.63, 3.8) is 0 Å². The summed E-state index contributed by atoms with van der Waals surface area (Å²) in [6.45, 7) is 4.29. The SMILES string of the molecule is CCN(C(=O)c1ccc(CS(=O)(=O)c2ccccc2)o1)c1ccccc1C. The second-order valence-corrected chi connectivity index (χ2v) is 8.16. The van der Waals surface area contributed by atoms with Gasteiger partial charge in [-0.2, -0.15) is 0 Å². The Labute approximate surface area is 159 Å². The first kappa shape index (κ1) is 18.9. The maximum atomic E-state index is 12.9. The zero-order valence-corrected chi connectivity index (χ0v) is 16.1. The highest BCUT2D eigenvalue weighted by Crippen LogP contribution is 2.23. The first-order chi connectivity index (χ1) is 12.9. The molecule has 0 aliphatic heterocycles. The van der Waals surface area contributed by atoms with Crippen LogP contribution in [0.25, 0.3) is 0 Å². The molecular weight excluding hydrogens is 362 g/mol. The van der Waals surface area contributed by atoms with E-state index in [0.717, 1.165) is 11.3 Å². The number of aryl methyl sites for hydroxylation is 1. The van der Waals surface area contributed by atoms with E-state index in [-0.39, 0.29) is 28.1 Å². The van der Waals surface area contributed by atoms with Gasteiger partial charge in [-0.05, 0) is 49.7 Å². The third-order valence-electron chi connectivity index (χ3n) is 4.27. The number of anilines is 1. The van der Waals surface area contributed by atoms with Crippen LogP contribution in [0.1, 0.15) is 28.8 Å². The van der Waals surface area contributed by atoms with Crippen molar-refractivity contribution in [3.8, 4) is 0 Å². The van der Waals surface area contributed by atoms with Gasteiger partial charge in [0.2, 0.25) is 0 Å². The molecule has 0 bridgehead atoms. The third-order valence-corrected chi connectivity index (χ3v) is 5.93. The van der Waals surface area contributed by atoms with Crippen molar-refractivity contribution in [1.29, 1.82) is 0 Å². The smallest absolute Gasteiger partial charge is 0.293 e. The molecule has 1 heterocycles. The summed E-state index contributed by atoms with van der Waals surface area (Å²) in [5, 5.41) is 0. The molecule has 140 valence electrons. The lowest BCUT2D eigenvalue weighted by molar-refractivity contribution is 0.0960. The number of carbonyl (C=O) groups is 1. The molecule has 0 saturated heterocycles. The number of hydrogen-bond acceptors (Lipinski definition) is 4. The van der Waals surface area contributed by atoms with Gasteiger partial charge in [0.1, 0.15) is 11.5 Å². The van der Waals surface area contributed by atoms with Gasteiger partial charge >= 0.3 is 0 Å². The minimum absolute atomic E-state index is 0.123. The predicted molar refractivity (Wildman–Crippen MR) is 105 cm³/mol. The van der Waals surface area contributed by atoms with E-state index in [1.807, 2.05) is 38.1 Å². The Kier molecular flexibility index (Phi) is 5.46. The fourth-order valence-electron chi connectivity index (χ4n) is 2.89. The molecule has 0 radical (unpaired) electrons. The molecule has 0 aliphatic rings. The van der Waals surface area contributed by atoms with E-state index in [9.17, 15) is 13.2 Å². The summed E-state index contributed by atoms with van der Waals surface area (Å²) in [6.07, 6.45) is 0. The molecule has 0 saturated carbocycles. The fraction of sp³-hybridized carbons (Fsp3) is 0.190. The number of hydrogen-bond donors (Lipinski definition) is 0. The highest BCUT2D eigenvalue weighted by molar-refractivity contribution is 7.90. The highest BCUT2D eigenvalue weighted by Gasteiger charge is 2.23. The van der Waals surface area contributed by atoms with E-state index in [1.54, 1.807) is 41.3 Å². The molecule has 0 unspecified atom stereocenters. The maximum absolute atomic E-state index is 12.9. The van der Waals surface area contributed by atoms with Crippen LogP contribution in [0.2, 0.25) is 0 Å². The van der Waals surface area contributed by atoms with Crippen molar-refractivity contribution in [1.82, 2.24) is 0 Å². The first-order valence-corrected chi connectivity index (χ1v) is 10.3. The second-order valence-electron chi connectivity index (χ2n) is 6.17. The number of benzene rings is 2. The average molecular weight is 383 g/mol. The van der Waals surface area contributed by atoms with Crippen LogP contribution >= 0.6 is 0 Å². The van der Waals surface area contributed by atoms with Crippen molar-refractivity contribution in [2.75, 3.05) is 11.4 Å². The van der Waals surface area contributed by atoms with Gasteiger partial charge in [-0.25, -0.2) is 8.42 Å². The molecule has 6 heteroatoms. The highest BCUT2D eigenvalue weighted by atomic mass is 32.2. The Bertz CT molecular complexity index is 1040. The quantitative estimate of drug-likeness (QED) is 0.639. The van der Waals surface area contributed by atoms with Gasteiger partial charge in [0.15, 0.2) is 15.6 Å². The van der Waals surface area contributed by atoms with Gasteiger partial charge in [-0.3, -0.25) is 4.79 Å². The molecular formula is C21H21NO4S. The van der Waals surface area contributed by atoms with Crippen LogP contribution in [0.15, 0.2) is 76.0 Å². The Morgan fingerprint density at radius 2 is 1.63 bits per heavy atom. The maximum Gasteiger partial charge on any atom is 0.293 e. The van der Waals surface area contributed by atoms with Crippen LogP contribution in [-0.2, 0) is 15.6 Å². The number of carbonyl (C=O) groups excluding carboxylic acids is 1. The number of nitrogens with zero attached hydrogens (tertiary/aromatic N) is 1. The minimum Gasteiger partial charge on any atom is -0.455 e. The van der Waals surface area contributed by atoms with Gasteiger partial charge in [0, 0.05) is 12.2 Å². The number of sulfone groups is 1. The monoisotopic (exact) mass is 383 g/mol. The lowest BCUT2D eigenvalue weighted by atomic mass is 10.1. The van der Waals surface area contributed by atoms with Gasteiger partial charge in [0.25, 0.3) is 5.91 Å². The van der Waals surface area contributed by atoms with Crippen LogP contribution in [0, 0.1) is 6.92 Å². The number of rotatable bonds is 6. The van der Waals surface area contributed by atoms with Crippen molar-refractivity contribution in [2.45, 2.75) is 24.5 Å². The topological polar surface area (TPSA) is 67.6 Å². The molecule has 0 atom stereocenters. The lowest BCUT2D eigenvalue weighted by Gasteiger charge is -2.21. The summed E-state index contributed by atoms with van der Waals surface area (Å²) in [5.74, 6) is -0.225. The van der Waals surface area contributed by atoms with E-state index in [2.05, 4.69) is 0 Å². The minimum atomic E-state index is -3.53. The molecule has 27 heavy (non-hydrogen) atoms. The summed E-state index contributed by atoms with van der Waals surface area (Å²) < 4.78 is 30.5. The number of para-hydroxylation sites is 1. The van der Waals surface area contributed by atoms with Gasteiger partial charge in [-0.1, -0.05) is 36.4 Å². The van der Waals surface area contributed by atoms with E-state index >= 15 is 0 Å². The molecule has 5 nitrogen and oxygen atoms in total. The summed E-state index contributed by atoms with van der Waals surface area (Å²) in [5.41, 5.74) is 1.78. The standard InChI is InChI=1S/C21H21NO4S/c1-3-22(19-12-8-7-9-16(19)2)21(23)20-14-13-17(26-20)15-27(24,25)18-10-5-4-6-11-18/h4-14H,3,15H2,1-2H3. The van der Waals surface area contributed by atoms with Crippen LogP contribution in [0.3, 0.4) is 0 Å². The fourth-order valence-corrected chi connectivity index (χ4v) is 4.16. The van der Waals surface area contributed by atoms with Crippen molar-refractivity contribution >= 4 is 21.4 Å². The molecule has 0 aliphatic carbocycles. The van der Waals surface area contributed by atoms with Crippen LogP contribution in [0.5, 0.6) is 0 Å². The summed E-state index contributed by atoms with van der Waals surface area (Å²) >= 11 is 0.